The molecule has 0 unspecified atom stereocenters. The molecule has 0 aliphatic carbocycles. The molecule has 2 N–H and O–H groups in total. The number of hydrogen-bond acceptors (Lipinski definition) is 5. The fraction of sp³-hybridized carbons (Fsp3) is 0. The maximum Gasteiger partial charge on any atom is 0.331 e. The highest BCUT2D eigenvalue weighted by Crippen LogP contribution is 2.23. The average Bonchev–Trinajstić information content (AvgIpc) is 2.48. The van der Waals surface area contributed by atoms with E-state index in [0.29, 0.717) is 16.0 Å². The van der Waals surface area contributed by atoms with Crippen LogP contribution in [0, 0.1) is 0 Å². The highest BCUT2D eigenvalue weighted by molar-refractivity contribution is 7.88. The second-order valence-corrected chi connectivity index (χ2v) is 4.57. The number of hydrogen-bond donors (Lipinski definition) is 2. The molecule has 0 saturated carbocycles. The lowest BCUT2D eigenvalue weighted by atomic mass is 10.3. The number of nitrogens with two attached hydrogens (primary N) is 1. The smallest absolute Gasteiger partial charge is 0.331 e. The Hall–Kier alpha value is -1.05. The van der Waals surface area contributed by atoms with E-state index in [4.69, 9.17) is 9.56 Å². The minimum Gasteiger partial charge on any atom is -0.426 e. The molecule has 0 aliphatic rings. The van der Waals surface area contributed by atoms with E-state index in [1.165, 1.54) is 0 Å². The number of aromatic nitrogens is 1. The van der Waals surface area contributed by atoms with Crippen LogP contribution in [0.2, 0.25) is 0 Å². The normalized spacial score (nSPS) is 12.1. The largest absolute Gasteiger partial charge is 0.426 e. The predicted molar refractivity (Wildman–Crippen MR) is 52.6 cm³/mol. The first-order valence-electron chi connectivity index (χ1n) is 3.60. The van der Waals surface area contributed by atoms with Crippen molar-refractivity contribution in [3.05, 3.63) is 18.2 Å². The van der Waals surface area contributed by atoms with Crippen molar-refractivity contribution in [1.29, 1.82) is 0 Å². The molecule has 2 aromatic rings. The molecule has 0 aliphatic heterocycles. The minimum absolute atomic E-state index is 0.319. The summed E-state index contributed by atoms with van der Waals surface area (Å²) in [6.07, 6.45) is 0. The summed E-state index contributed by atoms with van der Waals surface area (Å²) >= 11 is 4.09. The number of sulfonamides is 1. The van der Waals surface area contributed by atoms with Crippen molar-refractivity contribution in [2.75, 3.05) is 0 Å². The molecular formula is C7H6N2O3S2. The van der Waals surface area contributed by atoms with Gasteiger partial charge in [-0.2, -0.15) is 4.98 Å². The second-order valence-electron chi connectivity index (χ2n) is 2.65. The Bertz CT molecular complexity index is 588. The summed E-state index contributed by atoms with van der Waals surface area (Å²) in [5.74, 6) is 0. The van der Waals surface area contributed by atoms with E-state index >= 15 is 0 Å². The first-order valence-corrected chi connectivity index (χ1v) is 5.59. The molecule has 1 aromatic carbocycles. The van der Waals surface area contributed by atoms with Gasteiger partial charge in [-0.1, -0.05) is 6.07 Å². The number of fused-ring (bicyclic) bond motifs is 1. The Morgan fingerprint density at radius 1 is 1.43 bits per heavy atom. The van der Waals surface area contributed by atoms with Crippen LogP contribution < -0.4 is 5.14 Å². The van der Waals surface area contributed by atoms with Crippen LogP contribution in [0.3, 0.4) is 0 Å². The van der Waals surface area contributed by atoms with Crippen LogP contribution >= 0.6 is 12.6 Å². The summed E-state index contributed by atoms with van der Waals surface area (Å²) in [7, 11) is -3.89. The van der Waals surface area contributed by atoms with Gasteiger partial charge in [0.2, 0.25) is 0 Å². The van der Waals surface area contributed by atoms with Gasteiger partial charge in [-0.05, 0) is 12.1 Å². The average molecular weight is 230 g/mol. The highest BCUT2D eigenvalue weighted by Gasteiger charge is 2.17. The molecule has 1 heterocycles. The molecule has 0 saturated heterocycles. The molecule has 14 heavy (non-hydrogen) atoms. The molecule has 2 rings (SSSR count). The van der Waals surface area contributed by atoms with Crippen LogP contribution in [-0.4, -0.2) is 13.4 Å². The summed E-state index contributed by atoms with van der Waals surface area (Å²) in [6.45, 7) is 0. The van der Waals surface area contributed by atoms with Crippen molar-refractivity contribution in [2.24, 2.45) is 5.14 Å². The molecule has 0 amide bonds. The molecule has 0 bridgehead atoms. The lowest BCUT2D eigenvalue weighted by Crippen LogP contribution is -2.12. The summed E-state index contributed by atoms with van der Waals surface area (Å²) in [4.78, 5) is 4.23. The fourth-order valence-corrected chi connectivity index (χ4v) is 1.71. The van der Waals surface area contributed by atoms with Gasteiger partial charge in [0.25, 0.3) is 10.0 Å². The Morgan fingerprint density at radius 3 is 2.71 bits per heavy atom. The van der Waals surface area contributed by atoms with E-state index in [1.54, 1.807) is 18.2 Å². The van der Waals surface area contributed by atoms with Gasteiger partial charge in [-0.15, -0.1) is 12.6 Å². The van der Waals surface area contributed by atoms with Gasteiger partial charge in [-0.25, -0.2) is 13.6 Å². The zero-order chi connectivity index (χ0) is 10.3. The van der Waals surface area contributed by atoms with Crippen LogP contribution in [0.5, 0.6) is 0 Å². The maximum absolute atomic E-state index is 10.9. The summed E-state index contributed by atoms with van der Waals surface area (Å²) < 4.78 is 26.8. The number of benzene rings is 1. The number of thiol groups is 1. The van der Waals surface area contributed by atoms with Gasteiger partial charge in [0.15, 0.2) is 5.58 Å². The Labute approximate surface area is 85.4 Å². The van der Waals surface area contributed by atoms with Gasteiger partial charge >= 0.3 is 5.22 Å². The number of primary sulfonamides is 1. The van der Waals surface area contributed by atoms with Gasteiger partial charge in [0, 0.05) is 4.90 Å². The van der Waals surface area contributed by atoms with Gasteiger partial charge in [0.1, 0.15) is 5.52 Å². The molecule has 0 atom stereocenters. The number of oxazole rings is 1. The summed E-state index contributed by atoms with van der Waals surface area (Å²) in [5.41, 5.74) is 0.737. The summed E-state index contributed by atoms with van der Waals surface area (Å²) in [6, 6.07) is 4.98. The SMILES string of the molecule is NS(=O)(=O)c1nc2cccc(S)c2o1. The van der Waals surface area contributed by atoms with Crippen LogP contribution in [-0.2, 0) is 10.0 Å². The third-order valence-electron chi connectivity index (χ3n) is 1.62. The minimum atomic E-state index is -3.89. The summed E-state index contributed by atoms with van der Waals surface area (Å²) in [5, 5.41) is 4.37. The van der Waals surface area contributed by atoms with Gasteiger partial charge in [-0.3, -0.25) is 0 Å². The molecule has 1 aromatic heterocycles. The molecule has 7 heteroatoms. The molecule has 5 nitrogen and oxygen atoms in total. The quantitative estimate of drug-likeness (QED) is 0.708. The van der Waals surface area contributed by atoms with E-state index in [2.05, 4.69) is 17.6 Å². The lowest BCUT2D eigenvalue weighted by Gasteiger charge is -1.89. The molecule has 0 spiro atoms. The van der Waals surface area contributed by atoms with Crippen molar-refractivity contribution >= 4 is 33.8 Å². The number of nitrogens with zero attached hydrogens (tertiary/aromatic N) is 1. The van der Waals surface area contributed by atoms with E-state index in [9.17, 15) is 8.42 Å². The second kappa shape index (κ2) is 2.97. The first kappa shape index (κ1) is 9.50. The Balaban J connectivity index is 2.81. The number of para-hydroxylation sites is 1. The van der Waals surface area contributed by atoms with E-state index in [1.807, 2.05) is 0 Å². The van der Waals surface area contributed by atoms with Crippen LogP contribution in [0.4, 0.5) is 0 Å². The molecule has 0 fully saturated rings. The van der Waals surface area contributed by atoms with Crippen LogP contribution in [0.25, 0.3) is 11.1 Å². The van der Waals surface area contributed by atoms with E-state index < -0.39 is 15.2 Å². The zero-order valence-electron chi connectivity index (χ0n) is 6.84. The lowest BCUT2D eigenvalue weighted by molar-refractivity contribution is 0.455. The Morgan fingerprint density at radius 2 is 2.14 bits per heavy atom. The van der Waals surface area contributed by atoms with E-state index in [0.717, 1.165) is 0 Å². The standard InChI is InChI=1S/C7H6N2O3S2/c8-14(10,11)7-9-4-2-1-3-5(13)6(4)12-7/h1-3,13H,(H2,8,10,11). The first-order chi connectivity index (χ1) is 6.48. The van der Waals surface area contributed by atoms with Gasteiger partial charge in [0.05, 0.1) is 0 Å². The molecular weight excluding hydrogens is 224 g/mol. The topological polar surface area (TPSA) is 86.2 Å². The van der Waals surface area contributed by atoms with Crippen molar-refractivity contribution in [3.8, 4) is 0 Å². The predicted octanol–water partition coefficient (Wildman–Crippen LogP) is 0.764. The highest BCUT2D eigenvalue weighted by atomic mass is 32.2. The van der Waals surface area contributed by atoms with Crippen molar-refractivity contribution in [3.63, 3.8) is 0 Å². The third-order valence-corrected chi connectivity index (χ3v) is 2.63. The van der Waals surface area contributed by atoms with Crippen LogP contribution in [0.15, 0.2) is 32.7 Å². The van der Waals surface area contributed by atoms with Crippen molar-refractivity contribution in [1.82, 2.24) is 4.98 Å². The third kappa shape index (κ3) is 1.49. The zero-order valence-corrected chi connectivity index (χ0v) is 8.55. The van der Waals surface area contributed by atoms with Crippen molar-refractivity contribution in [2.45, 2.75) is 10.1 Å². The molecule has 0 radical (unpaired) electrons. The molecule has 74 valence electrons. The van der Waals surface area contributed by atoms with Crippen molar-refractivity contribution < 1.29 is 12.8 Å². The van der Waals surface area contributed by atoms with Crippen LogP contribution in [0.1, 0.15) is 0 Å². The van der Waals surface area contributed by atoms with E-state index in [-0.39, 0.29) is 0 Å². The Kier molecular flexibility index (Phi) is 2.02. The monoisotopic (exact) mass is 230 g/mol. The fourth-order valence-electron chi connectivity index (χ4n) is 1.04. The number of rotatable bonds is 1. The van der Waals surface area contributed by atoms with Gasteiger partial charge < -0.3 is 4.42 Å². The maximum atomic E-state index is 10.9.